The smallest absolute Gasteiger partial charge is 0.276 e. The minimum absolute atomic E-state index is 0.00897. The van der Waals surface area contributed by atoms with Crippen LogP contribution >= 0.6 is 0 Å². The molecule has 1 amide bonds. The summed E-state index contributed by atoms with van der Waals surface area (Å²) in [4.78, 5) is 25.3. The monoisotopic (exact) mass is 518 g/mol. The van der Waals surface area contributed by atoms with Gasteiger partial charge in [0, 0.05) is 12.6 Å². The van der Waals surface area contributed by atoms with Crippen LogP contribution in [-0.4, -0.2) is 37.8 Å². The summed E-state index contributed by atoms with van der Waals surface area (Å²) in [7, 11) is -2.52. The Balaban J connectivity index is 1.64. The van der Waals surface area contributed by atoms with E-state index in [-0.39, 0.29) is 40.7 Å². The number of carbonyl (C=O) groups excluding carboxylic acids is 1. The Morgan fingerprint density at radius 2 is 1.65 bits per heavy atom. The number of nitrogens with zero attached hydrogens (tertiary/aromatic N) is 3. The molecule has 0 atom stereocenters. The molecule has 0 aliphatic rings. The van der Waals surface area contributed by atoms with Crippen LogP contribution < -0.4 is 19.9 Å². The lowest BCUT2D eigenvalue weighted by molar-refractivity contribution is 0.101. The third-order valence-electron chi connectivity index (χ3n) is 5.61. The lowest BCUT2D eigenvalue weighted by Crippen LogP contribution is -2.31. The van der Waals surface area contributed by atoms with Crippen molar-refractivity contribution in [2.24, 2.45) is 0 Å². The molecule has 0 spiro atoms. The number of ether oxygens (including phenoxy) is 1. The second kappa shape index (κ2) is 11.1. The Kier molecular flexibility index (Phi) is 7.69. The molecule has 3 aromatic carbocycles. The largest absolute Gasteiger partial charge is 0.495 e. The molecule has 0 bridgehead atoms. The van der Waals surface area contributed by atoms with Gasteiger partial charge < -0.3 is 10.1 Å². The van der Waals surface area contributed by atoms with Crippen molar-refractivity contribution in [2.75, 3.05) is 23.3 Å². The number of nitrogens with one attached hydrogen (secondary N) is 1. The van der Waals surface area contributed by atoms with Crippen molar-refractivity contribution in [3.63, 3.8) is 0 Å². The second-order valence-corrected chi connectivity index (χ2v) is 9.88. The summed E-state index contributed by atoms with van der Waals surface area (Å²) in [5, 5.41) is 6.87. The number of methoxy groups -OCH3 is 1. The van der Waals surface area contributed by atoms with E-state index in [1.807, 2.05) is 36.4 Å². The van der Waals surface area contributed by atoms with E-state index in [9.17, 15) is 18.0 Å². The first-order valence-electron chi connectivity index (χ1n) is 11.5. The van der Waals surface area contributed by atoms with Gasteiger partial charge in [0.15, 0.2) is 0 Å². The zero-order valence-corrected chi connectivity index (χ0v) is 21.2. The first-order chi connectivity index (χ1) is 17.8. The predicted molar refractivity (Wildman–Crippen MR) is 142 cm³/mol. The topological polar surface area (TPSA) is 111 Å². The highest BCUT2D eigenvalue weighted by Crippen LogP contribution is 2.31. The minimum Gasteiger partial charge on any atom is -0.495 e. The van der Waals surface area contributed by atoms with E-state index in [1.165, 1.54) is 46.4 Å². The number of anilines is 2. The molecular weight excluding hydrogens is 492 g/mol. The molecule has 4 aromatic rings. The van der Waals surface area contributed by atoms with Gasteiger partial charge in [-0.2, -0.15) is 5.10 Å². The standard InChI is InChI=1S/C27H26N4O5S/c1-3-31(21-12-8-5-9-13-21)37(34,35)22-14-16-25(36-2)24(18-22)28-27(33)23-15-17-26(32)30(29-23)19-20-10-6-4-7-11-20/h4-18H,3,19H2,1-2H3,(H,28,33). The Morgan fingerprint density at radius 1 is 0.973 bits per heavy atom. The Bertz CT molecular complexity index is 1550. The average Bonchev–Trinajstić information content (AvgIpc) is 2.91. The van der Waals surface area contributed by atoms with Crippen molar-refractivity contribution < 1.29 is 17.9 Å². The van der Waals surface area contributed by atoms with Crippen LogP contribution in [0.25, 0.3) is 0 Å². The molecule has 4 rings (SSSR count). The molecular formula is C27H26N4O5S. The molecule has 9 nitrogen and oxygen atoms in total. The highest BCUT2D eigenvalue weighted by Gasteiger charge is 2.25. The van der Waals surface area contributed by atoms with E-state index in [4.69, 9.17) is 4.74 Å². The number of rotatable bonds is 9. The van der Waals surface area contributed by atoms with E-state index >= 15 is 0 Å². The van der Waals surface area contributed by atoms with Crippen LogP contribution in [0.3, 0.4) is 0 Å². The Morgan fingerprint density at radius 3 is 2.30 bits per heavy atom. The molecule has 1 aromatic heterocycles. The molecule has 10 heteroatoms. The van der Waals surface area contributed by atoms with Gasteiger partial charge in [-0.3, -0.25) is 13.9 Å². The van der Waals surface area contributed by atoms with Crippen LogP contribution in [0.1, 0.15) is 23.0 Å². The average molecular weight is 519 g/mol. The number of hydrogen-bond donors (Lipinski definition) is 1. The normalized spacial score (nSPS) is 11.1. The third-order valence-corrected chi connectivity index (χ3v) is 7.51. The van der Waals surface area contributed by atoms with Crippen molar-refractivity contribution in [2.45, 2.75) is 18.4 Å². The molecule has 0 aliphatic carbocycles. The fourth-order valence-electron chi connectivity index (χ4n) is 3.78. The van der Waals surface area contributed by atoms with Gasteiger partial charge in [-0.05, 0) is 48.9 Å². The molecule has 0 unspecified atom stereocenters. The summed E-state index contributed by atoms with van der Waals surface area (Å²) < 4.78 is 34.7. The van der Waals surface area contributed by atoms with Crippen LogP contribution in [0.5, 0.6) is 5.75 Å². The summed E-state index contributed by atoms with van der Waals surface area (Å²) in [6, 6.07) is 24.9. The maximum atomic E-state index is 13.4. The number of benzene rings is 3. The lowest BCUT2D eigenvalue weighted by Gasteiger charge is -2.23. The van der Waals surface area contributed by atoms with E-state index in [0.29, 0.717) is 5.69 Å². The predicted octanol–water partition coefficient (Wildman–Crippen LogP) is 3.77. The molecule has 0 saturated heterocycles. The molecule has 0 aliphatic heterocycles. The maximum absolute atomic E-state index is 13.4. The lowest BCUT2D eigenvalue weighted by atomic mass is 10.2. The number of aromatic nitrogens is 2. The van der Waals surface area contributed by atoms with Gasteiger partial charge in [0.05, 0.1) is 29.9 Å². The maximum Gasteiger partial charge on any atom is 0.276 e. The Hall–Kier alpha value is -4.44. The van der Waals surface area contributed by atoms with Gasteiger partial charge in [-0.1, -0.05) is 48.5 Å². The van der Waals surface area contributed by atoms with E-state index in [2.05, 4.69) is 10.4 Å². The van der Waals surface area contributed by atoms with Gasteiger partial charge in [0.1, 0.15) is 11.4 Å². The fourth-order valence-corrected chi connectivity index (χ4v) is 5.28. The fraction of sp³-hybridized carbons (Fsp3) is 0.148. The van der Waals surface area contributed by atoms with E-state index in [0.717, 1.165) is 5.56 Å². The van der Waals surface area contributed by atoms with Crippen LogP contribution in [0.2, 0.25) is 0 Å². The van der Waals surface area contributed by atoms with Crippen LogP contribution in [0.15, 0.2) is 101 Å². The zero-order chi connectivity index (χ0) is 26.4. The first kappa shape index (κ1) is 25.6. The van der Waals surface area contributed by atoms with Gasteiger partial charge in [0.2, 0.25) is 0 Å². The van der Waals surface area contributed by atoms with Gasteiger partial charge in [0.25, 0.3) is 21.5 Å². The summed E-state index contributed by atoms with van der Waals surface area (Å²) in [5.41, 5.74) is 1.17. The minimum atomic E-state index is -3.93. The molecule has 0 saturated carbocycles. The Labute approximate surface area is 215 Å². The van der Waals surface area contributed by atoms with Crippen molar-refractivity contribution in [1.29, 1.82) is 0 Å². The summed E-state index contributed by atoms with van der Waals surface area (Å²) in [5.74, 6) is -0.349. The number of sulfonamides is 1. The molecule has 0 fully saturated rings. The second-order valence-electron chi connectivity index (χ2n) is 8.02. The van der Waals surface area contributed by atoms with Crippen LogP contribution in [0.4, 0.5) is 11.4 Å². The van der Waals surface area contributed by atoms with E-state index < -0.39 is 15.9 Å². The molecule has 0 radical (unpaired) electrons. The SMILES string of the molecule is CCN(c1ccccc1)S(=O)(=O)c1ccc(OC)c(NC(=O)c2ccc(=O)n(Cc3ccccc3)n2)c1. The highest BCUT2D eigenvalue weighted by molar-refractivity contribution is 7.92. The summed E-state index contributed by atoms with van der Waals surface area (Å²) >= 11 is 0. The molecule has 1 heterocycles. The number of carbonyl (C=O) groups is 1. The third kappa shape index (κ3) is 5.70. The van der Waals surface area contributed by atoms with Crippen molar-refractivity contribution in [3.05, 3.63) is 113 Å². The molecule has 37 heavy (non-hydrogen) atoms. The molecule has 1 N–H and O–H groups in total. The zero-order valence-electron chi connectivity index (χ0n) is 20.4. The van der Waals surface area contributed by atoms with Crippen molar-refractivity contribution >= 4 is 27.3 Å². The van der Waals surface area contributed by atoms with Crippen LogP contribution in [-0.2, 0) is 16.6 Å². The number of hydrogen-bond acceptors (Lipinski definition) is 6. The van der Waals surface area contributed by atoms with Gasteiger partial charge in [-0.25, -0.2) is 13.1 Å². The quantitative estimate of drug-likeness (QED) is 0.361. The van der Waals surface area contributed by atoms with E-state index in [1.54, 1.807) is 31.2 Å². The van der Waals surface area contributed by atoms with Gasteiger partial charge >= 0.3 is 0 Å². The summed E-state index contributed by atoms with van der Waals surface area (Å²) in [6.07, 6.45) is 0. The van der Waals surface area contributed by atoms with Crippen molar-refractivity contribution in [3.8, 4) is 5.75 Å². The number of para-hydroxylation sites is 1. The number of amides is 1. The van der Waals surface area contributed by atoms with Crippen LogP contribution in [0, 0.1) is 0 Å². The highest BCUT2D eigenvalue weighted by atomic mass is 32.2. The summed E-state index contributed by atoms with van der Waals surface area (Å²) in [6.45, 7) is 2.16. The van der Waals surface area contributed by atoms with Crippen molar-refractivity contribution in [1.82, 2.24) is 9.78 Å². The first-order valence-corrected chi connectivity index (χ1v) is 13.0. The molecule has 190 valence electrons. The van der Waals surface area contributed by atoms with Gasteiger partial charge in [-0.15, -0.1) is 0 Å².